The third kappa shape index (κ3) is 1.79. The summed E-state index contributed by atoms with van der Waals surface area (Å²) in [4.78, 5) is 16.4. The van der Waals surface area contributed by atoms with E-state index in [2.05, 4.69) is 31.3 Å². The Balaban J connectivity index is 1.77. The lowest BCUT2D eigenvalue weighted by molar-refractivity contribution is 0.430. The molecule has 0 bridgehead atoms. The summed E-state index contributed by atoms with van der Waals surface area (Å²) < 4.78 is 0. The van der Waals surface area contributed by atoms with Gasteiger partial charge in [0.25, 0.3) is 0 Å². The summed E-state index contributed by atoms with van der Waals surface area (Å²) in [6.45, 7) is 1.95. The van der Waals surface area contributed by atoms with Crippen LogP contribution in [-0.4, -0.2) is 33.0 Å². The molecule has 5 heteroatoms. The van der Waals surface area contributed by atoms with Gasteiger partial charge in [0.2, 0.25) is 0 Å². The van der Waals surface area contributed by atoms with Crippen molar-refractivity contribution in [3.05, 3.63) is 42.6 Å². The second kappa shape index (κ2) is 4.13. The first-order chi connectivity index (χ1) is 9.40. The molecule has 1 fully saturated rings. The zero-order valence-corrected chi connectivity index (χ0v) is 10.3. The molecule has 0 amide bonds. The molecule has 3 heterocycles. The van der Waals surface area contributed by atoms with Crippen LogP contribution in [0.15, 0.2) is 36.8 Å². The number of fused-ring (bicyclic) bond motifs is 1. The van der Waals surface area contributed by atoms with E-state index in [0.29, 0.717) is 5.92 Å². The summed E-state index contributed by atoms with van der Waals surface area (Å²) >= 11 is 0. The van der Waals surface area contributed by atoms with Crippen LogP contribution in [0.5, 0.6) is 0 Å². The lowest BCUT2D eigenvalue weighted by Crippen LogP contribution is -2.40. The molecule has 0 aliphatic carbocycles. The number of imidazole rings is 1. The Bertz CT molecular complexity index is 729. The Labute approximate surface area is 110 Å². The summed E-state index contributed by atoms with van der Waals surface area (Å²) in [6.07, 6.45) is 3.55. The molecule has 1 saturated heterocycles. The number of hydrogen-bond acceptors (Lipinski definition) is 4. The number of nitrogens with one attached hydrogen (secondary N) is 2. The third-order valence-corrected chi connectivity index (χ3v) is 3.54. The van der Waals surface area contributed by atoms with E-state index in [4.69, 9.17) is 0 Å². The summed E-state index contributed by atoms with van der Waals surface area (Å²) in [5.41, 5.74) is 4.06. The van der Waals surface area contributed by atoms with E-state index in [0.717, 1.165) is 41.2 Å². The molecule has 1 aliphatic heterocycles. The number of nitrogens with zero attached hydrogens (tertiary/aromatic N) is 3. The van der Waals surface area contributed by atoms with E-state index < -0.39 is 0 Å². The third-order valence-electron chi connectivity index (χ3n) is 3.54. The highest BCUT2D eigenvalue weighted by Crippen LogP contribution is 2.23. The summed E-state index contributed by atoms with van der Waals surface area (Å²) in [6, 6.07) is 8.09. The second-order valence-electron chi connectivity index (χ2n) is 4.79. The normalized spacial score (nSPS) is 15.6. The van der Waals surface area contributed by atoms with Crippen molar-refractivity contribution < 1.29 is 0 Å². The molecule has 1 aromatic carbocycles. The number of H-pyrrole nitrogens is 1. The fraction of sp³-hybridized carbons (Fsp3) is 0.214. The quantitative estimate of drug-likeness (QED) is 0.727. The average molecular weight is 251 g/mol. The largest absolute Gasteiger partial charge is 0.345 e. The van der Waals surface area contributed by atoms with Gasteiger partial charge in [0.1, 0.15) is 5.82 Å². The molecule has 0 atom stereocenters. The minimum absolute atomic E-state index is 0.454. The minimum atomic E-state index is 0.454. The second-order valence-corrected chi connectivity index (χ2v) is 4.79. The monoisotopic (exact) mass is 251 g/mol. The molecule has 2 aromatic heterocycles. The van der Waals surface area contributed by atoms with Crippen LogP contribution in [0.4, 0.5) is 0 Å². The van der Waals surface area contributed by atoms with Gasteiger partial charge in [-0.2, -0.15) is 0 Å². The minimum Gasteiger partial charge on any atom is -0.345 e. The smallest absolute Gasteiger partial charge is 0.134 e. The number of aromatic amines is 1. The van der Waals surface area contributed by atoms with Gasteiger partial charge in [-0.15, -0.1) is 0 Å². The summed E-state index contributed by atoms with van der Waals surface area (Å²) in [7, 11) is 0. The van der Waals surface area contributed by atoms with E-state index >= 15 is 0 Å². The van der Waals surface area contributed by atoms with Crippen molar-refractivity contribution in [3.63, 3.8) is 0 Å². The number of hydrogen-bond donors (Lipinski definition) is 2. The molecule has 0 radical (unpaired) electrons. The van der Waals surface area contributed by atoms with Gasteiger partial charge in [0, 0.05) is 30.8 Å². The van der Waals surface area contributed by atoms with Crippen molar-refractivity contribution in [2.24, 2.45) is 0 Å². The van der Waals surface area contributed by atoms with Gasteiger partial charge in [0.05, 0.1) is 23.1 Å². The van der Waals surface area contributed by atoms with E-state index in [1.807, 2.05) is 24.4 Å². The molecule has 4 rings (SSSR count). The predicted molar refractivity (Wildman–Crippen MR) is 72.7 cm³/mol. The average Bonchev–Trinajstić information content (AvgIpc) is 2.84. The van der Waals surface area contributed by atoms with Gasteiger partial charge in [-0.25, -0.2) is 15.0 Å². The van der Waals surface area contributed by atoms with Crippen LogP contribution >= 0.6 is 0 Å². The number of aromatic nitrogens is 4. The molecule has 0 saturated carbocycles. The molecule has 94 valence electrons. The maximum Gasteiger partial charge on any atom is 0.134 e. The SMILES string of the molecule is c1cc(-c2ccc3nc[nH]c3c2)nc(C2CNC2)n1. The van der Waals surface area contributed by atoms with Crippen molar-refractivity contribution >= 4 is 11.0 Å². The van der Waals surface area contributed by atoms with E-state index in [9.17, 15) is 0 Å². The van der Waals surface area contributed by atoms with Gasteiger partial charge in [-0.1, -0.05) is 6.07 Å². The lowest BCUT2D eigenvalue weighted by atomic mass is 10.0. The lowest BCUT2D eigenvalue weighted by Gasteiger charge is -2.25. The van der Waals surface area contributed by atoms with Crippen LogP contribution in [0.25, 0.3) is 22.3 Å². The van der Waals surface area contributed by atoms with Crippen molar-refractivity contribution in [2.45, 2.75) is 5.92 Å². The van der Waals surface area contributed by atoms with Gasteiger partial charge in [-0.3, -0.25) is 0 Å². The van der Waals surface area contributed by atoms with Crippen LogP contribution in [0, 0.1) is 0 Å². The Hall–Kier alpha value is -2.27. The number of benzene rings is 1. The maximum absolute atomic E-state index is 4.67. The molecular formula is C14H13N5. The van der Waals surface area contributed by atoms with Gasteiger partial charge in [0.15, 0.2) is 0 Å². The molecular weight excluding hydrogens is 238 g/mol. The Kier molecular flexibility index (Phi) is 2.31. The first kappa shape index (κ1) is 10.6. The fourth-order valence-corrected chi connectivity index (χ4v) is 2.30. The summed E-state index contributed by atoms with van der Waals surface area (Å²) in [5.74, 6) is 1.39. The van der Waals surface area contributed by atoms with Crippen LogP contribution in [0.2, 0.25) is 0 Å². The Morgan fingerprint density at radius 1 is 1.11 bits per heavy atom. The van der Waals surface area contributed by atoms with Gasteiger partial charge >= 0.3 is 0 Å². The zero-order chi connectivity index (χ0) is 12.7. The van der Waals surface area contributed by atoms with Crippen molar-refractivity contribution in [3.8, 4) is 11.3 Å². The van der Waals surface area contributed by atoms with E-state index in [1.54, 1.807) is 6.33 Å². The molecule has 3 aromatic rings. The molecule has 0 unspecified atom stereocenters. The van der Waals surface area contributed by atoms with Crippen molar-refractivity contribution in [1.29, 1.82) is 0 Å². The molecule has 1 aliphatic rings. The predicted octanol–water partition coefficient (Wildman–Crippen LogP) is 1.71. The van der Waals surface area contributed by atoms with Crippen molar-refractivity contribution in [2.75, 3.05) is 13.1 Å². The molecule has 19 heavy (non-hydrogen) atoms. The van der Waals surface area contributed by atoms with Crippen LogP contribution in [0.3, 0.4) is 0 Å². The van der Waals surface area contributed by atoms with Gasteiger partial charge < -0.3 is 10.3 Å². The first-order valence-corrected chi connectivity index (χ1v) is 6.37. The standard InChI is InChI=1S/C14H13N5/c1-2-12-13(18-8-17-12)5-9(1)11-3-4-16-14(19-11)10-6-15-7-10/h1-5,8,10,15H,6-7H2,(H,17,18). The van der Waals surface area contributed by atoms with Gasteiger partial charge in [-0.05, 0) is 18.2 Å². The van der Waals surface area contributed by atoms with Crippen LogP contribution < -0.4 is 5.32 Å². The van der Waals surface area contributed by atoms with E-state index in [-0.39, 0.29) is 0 Å². The zero-order valence-electron chi connectivity index (χ0n) is 10.3. The van der Waals surface area contributed by atoms with Crippen LogP contribution in [-0.2, 0) is 0 Å². The Morgan fingerprint density at radius 2 is 2.05 bits per heavy atom. The molecule has 0 spiro atoms. The van der Waals surface area contributed by atoms with Crippen molar-refractivity contribution in [1.82, 2.24) is 25.3 Å². The van der Waals surface area contributed by atoms with E-state index in [1.165, 1.54) is 0 Å². The maximum atomic E-state index is 4.67. The highest BCUT2D eigenvalue weighted by Gasteiger charge is 2.21. The Morgan fingerprint density at radius 3 is 2.89 bits per heavy atom. The summed E-state index contributed by atoms with van der Waals surface area (Å²) in [5, 5.41) is 3.25. The molecule has 5 nitrogen and oxygen atoms in total. The first-order valence-electron chi connectivity index (χ1n) is 6.37. The topological polar surface area (TPSA) is 66.5 Å². The molecule has 2 N–H and O–H groups in total. The highest BCUT2D eigenvalue weighted by molar-refractivity contribution is 5.80. The fourth-order valence-electron chi connectivity index (χ4n) is 2.30. The number of rotatable bonds is 2. The van der Waals surface area contributed by atoms with Crippen LogP contribution in [0.1, 0.15) is 11.7 Å². The highest BCUT2D eigenvalue weighted by atomic mass is 15.0.